The zero-order chi connectivity index (χ0) is 14.8. The molecule has 3 rings (SSSR count). The van der Waals surface area contributed by atoms with E-state index >= 15 is 0 Å². The van der Waals surface area contributed by atoms with Crippen LogP contribution < -0.4 is 10.6 Å². The number of nitrogens with one attached hydrogen (secondary N) is 2. The molecule has 1 amide bonds. The highest BCUT2D eigenvalue weighted by Crippen LogP contribution is 2.25. The molecule has 0 spiro atoms. The van der Waals surface area contributed by atoms with Crippen molar-refractivity contribution in [2.75, 3.05) is 45.6 Å². The number of nitrogens with zero attached hydrogens (tertiary/aromatic N) is 2. The molecule has 2 aliphatic rings. The number of benzene rings is 1. The van der Waals surface area contributed by atoms with E-state index < -0.39 is 0 Å². The summed E-state index contributed by atoms with van der Waals surface area (Å²) in [7, 11) is 4.27. The molecule has 1 fully saturated rings. The molecular weight excluding hydrogens is 264 g/mol. The number of hydrogen-bond acceptors (Lipinski definition) is 4. The molecule has 1 aromatic carbocycles. The van der Waals surface area contributed by atoms with E-state index in [9.17, 15) is 4.79 Å². The fraction of sp³-hybridized carbons (Fsp3) is 0.562. The summed E-state index contributed by atoms with van der Waals surface area (Å²) < 4.78 is 0. The summed E-state index contributed by atoms with van der Waals surface area (Å²) in [6.45, 7) is 3.88. The molecule has 0 radical (unpaired) electrons. The molecule has 2 heterocycles. The molecule has 1 aromatic rings. The Kier molecular flexibility index (Phi) is 4.12. The molecule has 1 unspecified atom stereocenters. The Morgan fingerprint density at radius 2 is 2.14 bits per heavy atom. The van der Waals surface area contributed by atoms with E-state index in [1.165, 1.54) is 5.56 Å². The van der Waals surface area contributed by atoms with E-state index in [4.69, 9.17) is 0 Å². The standard InChI is InChI=1S/C16H24N4O/c1-19-7-8-20(2)13(11-19)10-17-16(21)15-9-12-5-3-4-6-14(12)18-15/h3-6,13,15,18H,7-11H2,1-2H3,(H,17,21)/t13?,15-/m0/s1. The van der Waals surface area contributed by atoms with Gasteiger partial charge in [0.1, 0.15) is 6.04 Å². The Labute approximate surface area is 126 Å². The van der Waals surface area contributed by atoms with Crippen LogP contribution in [-0.2, 0) is 11.2 Å². The minimum Gasteiger partial charge on any atom is -0.373 e. The van der Waals surface area contributed by atoms with Gasteiger partial charge < -0.3 is 15.5 Å². The molecule has 114 valence electrons. The van der Waals surface area contributed by atoms with Gasteiger partial charge in [-0.15, -0.1) is 0 Å². The molecule has 5 heteroatoms. The Bertz CT molecular complexity index is 494. The molecule has 21 heavy (non-hydrogen) atoms. The van der Waals surface area contributed by atoms with Gasteiger partial charge in [0.05, 0.1) is 0 Å². The van der Waals surface area contributed by atoms with E-state index in [1.807, 2.05) is 18.2 Å². The molecule has 2 aliphatic heterocycles. The summed E-state index contributed by atoms with van der Waals surface area (Å²) >= 11 is 0. The Hall–Kier alpha value is -1.59. The average Bonchev–Trinajstić information content (AvgIpc) is 2.92. The molecular formula is C16H24N4O. The zero-order valence-corrected chi connectivity index (χ0v) is 12.8. The zero-order valence-electron chi connectivity index (χ0n) is 12.8. The quantitative estimate of drug-likeness (QED) is 0.844. The maximum atomic E-state index is 12.3. The van der Waals surface area contributed by atoms with Crippen LogP contribution in [0.3, 0.4) is 0 Å². The molecule has 0 saturated carbocycles. The van der Waals surface area contributed by atoms with Crippen LogP contribution in [0.2, 0.25) is 0 Å². The SMILES string of the molecule is CN1CCN(C)C(CNC(=O)[C@@H]2Cc3ccccc3N2)C1. The Balaban J connectivity index is 1.51. The van der Waals surface area contributed by atoms with Crippen molar-refractivity contribution in [3.63, 3.8) is 0 Å². The predicted octanol–water partition coefficient (Wildman–Crippen LogP) is 0.385. The number of amides is 1. The summed E-state index contributed by atoms with van der Waals surface area (Å²) in [5.74, 6) is 0.104. The van der Waals surface area contributed by atoms with E-state index in [0.717, 1.165) is 31.7 Å². The van der Waals surface area contributed by atoms with Crippen molar-refractivity contribution in [1.29, 1.82) is 0 Å². The summed E-state index contributed by atoms with van der Waals surface area (Å²) in [5.41, 5.74) is 2.32. The van der Waals surface area contributed by atoms with E-state index in [0.29, 0.717) is 12.6 Å². The van der Waals surface area contributed by atoms with Gasteiger partial charge >= 0.3 is 0 Å². The molecule has 1 saturated heterocycles. The largest absolute Gasteiger partial charge is 0.373 e. The first-order chi connectivity index (χ1) is 10.1. The maximum absolute atomic E-state index is 12.3. The summed E-state index contributed by atoms with van der Waals surface area (Å²) in [5, 5.41) is 6.42. The topological polar surface area (TPSA) is 47.6 Å². The molecule has 5 nitrogen and oxygen atoms in total. The lowest BCUT2D eigenvalue weighted by molar-refractivity contribution is -0.122. The van der Waals surface area contributed by atoms with Gasteiger partial charge in [0.15, 0.2) is 0 Å². The highest BCUT2D eigenvalue weighted by molar-refractivity contribution is 5.87. The van der Waals surface area contributed by atoms with Crippen molar-refractivity contribution in [3.05, 3.63) is 29.8 Å². The van der Waals surface area contributed by atoms with Gasteiger partial charge in [-0.05, 0) is 25.7 Å². The second-order valence-electron chi connectivity index (χ2n) is 6.20. The monoisotopic (exact) mass is 288 g/mol. The summed E-state index contributed by atoms with van der Waals surface area (Å²) in [6, 6.07) is 8.41. The first-order valence-electron chi connectivity index (χ1n) is 7.64. The van der Waals surface area contributed by atoms with E-state index in [2.05, 4.69) is 40.6 Å². The van der Waals surface area contributed by atoms with Crippen LogP contribution in [0.15, 0.2) is 24.3 Å². The average molecular weight is 288 g/mol. The van der Waals surface area contributed by atoms with Crippen LogP contribution >= 0.6 is 0 Å². The number of anilines is 1. The van der Waals surface area contributed by atoms with Crippen LogP contribution in [0.25, 0.3) is 0 Å². The Morgan fingerprint density at radius 3 is 2.95 bits per heavy atom. The lowest BCUT2D eigenvalue weighted by Crippen LogP contribution is -2.55. The number of piperazine rings is 1. The van der Waals surface area contributed by atoms with Gasteiger partial charge in [0, 0.05) is 44.3 Å². The lowest BCUT2D eigenvalue weighted by Gasteiger charge is -2.37. The maximum Gasteiger partial charge on any atom is 0.242 e. The van der Waals surface area contributed by atoms with Gasteiger partial charge in [-0.1, -0.05) is 18.2 Å². The summed E-state index contributed by atoms with van der Waals surface area (Å²) in [4.78, 5) is 17.0. The normalized spacial score (nSPS) is 26.2. The lowest BCUT2D eigenvalue weighted by atomic mass is 10.1. The van der Waals surface area contributed by atoms with Crippen LogP contribution in [0.1, 0.15) is 5.56 Å². The fourth-order valence-electron chi connectivity index (χ4n) is 3.12. The number of fused-ring (bicyclic) bond motifs is 1. The Morgan fingerprint density at radius 1 is 1.33 bits per heavy atom. The van der Waals surface area contributed by atoms with Crippen LogP contribution in [-0.4, -0.2) is 68.1 Å². The molecule has 2 N–H and O–H groups in total. The number of para-hydroxylation sites is 1. The number of carbonyl (C=O) groups excluding carboxylic acids is 1. The molecule has 0 aromatic heterocycles. The molecule has 0 bridgehead atoms. The van der Waals surface area contributed by atoms with Gasteiger partial charge in [-0.25, -0.2) is 0 Å². The first kappa shape index (κ1) is 14.4. The molecule has 2 atom stereocenters. The van der Waals surface area contributed by atoms with Crippen molar-refractivity contribution in [3.8, 4) is 0 Å². The van der Waals surface area contributed by atoms with Crippen molar-refractivity contribution >= 4 is 11.6 Å². The highest BCUT2D eigenvalue weighted by Gasteiger charge is 2.28. The van der Waals surface area contributed by atoms with Gasteiger partial charge in [0.2, 0.25) is 5.91 Å². The number of rotatable bonds is 3. The third-order valence-corrected chi connectivity index (χ3v) is 4.58. The van der Waals surface area contributed by atoms with Gasteiger partial charge in [-0.2, -0.15) is 0 Å². The smallest absolute Gasteiger partial charge is 0.242 e. The minimum atomic E-state index is -0.131. The minimum absolute atomic E-state index is 0.104. The van der Waals surface area contributed by atoms with Crippen molar-refractivity contribution < 1.29 is 4.79 Å². The van der Waals surface area contributed by atoms with Crippen molar-refractivity contribution in [2.24, 2.45) is 0 Å². The fourth-order valence-corrected chi connectivity index (χ4v) is 3.12. The third kappa shape index (κ3) is 3.19. The van der Waals surface area contributed by atoms with Crippen molar-refractivity contribution in [2.45, 2.75) is 18.5 Å². The first-order valence-corrected chi connectivity index (χ1v) is 7.64. The molecule has 0 aliphatic carbocycles. The second-order valence-corrected chi connectivity index (χ2v) is 6.20. The number of carbonyl (C=O) groups is 1. The third-order valence-electron chi connectivity index (χ3n) is 4.58. The predicted molar refractivity (Wildman–Crippen MR) is 84.5 cm³/mol. The summed E-state index contributed by atoms with van der Waals surface area (Å²) in [6.07, 6.45) is 0.780. The number of hydrogen-bond donors (Lipinski definition) is 2. The van der Waals surface area contributed by atoms with E-state index in [-0.39, 0.29) is 11.9 Å². The van der Waals surface area contributed by atoms with Crippen LogP contribution in [0, 0.1) is 0 Å². The van der Waals surface area contributed by atoms with Gasteiger partial charge in [0.25, 0.3) is 0 Å². The van der Waals surface area contributed by atoms with Crippen LogP contribution in [0.5, 0.6) is 0 Å². The second kappa shape index (κ2) is 6.03. The number of likely N-dealkylation sites (N-methyl/N-ethyl adjacent to an activating group) is 2. The van der Waals surface area contributed by atoms with Crippen molar-refractivity contribution in [1.82, 2.24) is 15.1 Å². The highest BCUT2D eigenvalue weighted by atomic mass is 16.2. The van der Waals surface area contributed by atoms with E-state index in [1.54, 1.807) is 0 Å². The van der Waals surface area contributed by atoms with Crippen LogP contribution in [0.4, 0.5) is 5.69 Å². The van der Waals surface area contributed by atoms with Gasteiger partial charge in [-0.3, -0.25) is 9.69 Å².